The summed E-state index contributed by atoms with van der Waals surface area (Å²) in [5.41, 5.74) is 5.63. The van der Waals surface area contributed by atoms with Crippen molar-refractivity contribution in [1.29, 1.82) is 5.26 Å². The molecule has 0 aliphatic rings. The second-order valence-electron chi connectivity index (χ2n) is 4.83. The van der Waals surface area contributed by atoms with E-state index < -0.39 is 0 Å². The lowest BCUT2D eigenvalue weighted by molar-refractivity contribution is 0.587. The number of aromatic nitrogens is 2. The summed E-state index contributed by atoms with van der Waals surface area (Å²) in [6, 6.07) is 13.4. The first kappa shape index (κ1) is 14.5. The number of nitrogens with zero attached hydrogens (tertiary/aromatic N) is 4. The van der Waals surface area contributed by atoms with Gasteiger partial charge in [-0.25, -0.2) is 5.43 Å². The highest BCUT2D eigenvalue weighted by molar-refractivity contribution is 5.79. The van der Waals surface area contributed by atoms with Crippen molar-refractivity contribution in [1.82, 2.24) is 9.97 Å². The maximum Gasteiger partial charge on any atom is 0.252 e. The first-order chi connectivity index (χ1) is 11.3. The fourth-order valence-corrected chi connectivity index (χ4v) is 1.91. The molecule has 0 saturated heterocycles. The number of rotatable bonds is 4. The van der Waals surface area contributed by atoms with Gasteiger partial charge in [-0.1, -0.05) is 23.8 Å². The first-order valence-corrected chi connectivity index (χ1v) is 6.93. The van der Waals surface area contributed by atoms with Crippen molar-refractivity contribution >= 4 is 12.1 Å². The van der Waals surface area contributed by atoms with Crippen LogP contribution < -0.4 is 5.43 Å². The highest BCUT2D eigenvalue weighted by Crippen LogP contribution is 2.25. The molecule has 2 aromatic heterocycles. The molecule has 0 amide bonds. The van der Waals surface area contributed by atoms with Crippen molar-refractivity contribution in [2.75, 3.05) is 5.43 Å². The summed E-state index contributed by atoms with van der Waals surface area (Å²) < 4.78 is 5.60. The number of oxazole rings is 1. The Bertz CT molecular complexity index is 860. The summed E-state index contributed by atoms with van der Waals surface area (Å²) in [6.45, 7) is 2.00. The van der Waals surface area contributed by atoms with Gasteiger partial charge in [0.1, 0.15) is 6.07 Å². The van der Waals surface area contributed by atoms with E-state index in [9.17, 15) is 0 Å². The molecule has 0 aliphatic carbocycles. The lowest BCUT2D eigenvalue weighted by Crippen LogP contribution is -1.91. The van der Waals surface area contributed by atoms with Crippen LogP contribution in [0.4, 0.5) is 5.88 Å². The van der Waals surface area contributed by atoms with Gasteiger partial charge in [-0.2, -0.15) is 15.3 Å². The third-order valence-electron chi connectivity index (χ3n) is 3.10. The van der Waals surface area contributed by atoms with Gasteiger partial charge < -0.3 is 4.42 Å². The third kappa shape index (κ3) is 3.41. The zero-order valence-electron chi connectivity index (χ0n) is 12.4. The molecule has 1 aromatic carbocycles. The normalized spacial score (nSPS) is 10.6. The average molecular weight is 303 g/mol. The zero-order valence-corrected chi connectivity index (χ0v) is 12.4. The largest absolute Gasteiger partial charge is 0.417 e. The Balaban J connectivity index is 1.81. The molecule has 3 rings (SSSR count). The van der Waals surface area contributed by atoms with E-state index in [0.717, 1.165) is 16.7 Å². The van der Waals surface area contributed by atoms with Crippen molar-refractivity contribution in [2.45, 2.75) is 6.92 Å². The van der Waals surface area contributed by atoms with Crippen LogP contribution in [0.15, 0.2) is 58.3 Å². The van der Waals surface area contributed by atoms with Gasteiger partial charge in [0.25, 0.3) is 5.88 Å². The average Bonchev–Trinajstić information content (AvgIpc) is 3.00. The smallest absolute Gasteiger partial charge is 0.252 e. The number of nitriles is 1. The van der Waals surface area contributed by atoms with Crippen molar-refractivity contribution in [3.63, 3.8) is 0 Å². The Labute approximate surface area is 133 Å². The molecule has 0 aliphatic heterocycles. The predicted molar refractivity (Wildman–Crippen MR) is 86.8 cm³/mol. The summed E-state index contributed by atoms with van der Waals surface area (Å²) in [4.78, 5) is 8.17. The predicted octanol–water partition coefficient (Wildman–Crippen LogP) is 3.36. The highest BCUT2D eigenvalue weighted by atomic mass is 16.4. The number of pyridine rings is 1. The number of benzene rings is 1. The fraction of sp³-hybridized carbons (Fsp3) is 0.0588. The van der Waals surface area contributed by atoms with Crippen LogP contribution in [0, 0.1) is 18.3 Å². The highest BCUT2D eigenvalue weighted by Gasteiger charge is 2.13. The molecule has 23 heavy (non-hydrogen) atoms. The zero-order chi connectivity index (χ0) is 16.1. The molecule has 6 nitrogen and oxygen atoms in total. The van der Waals surface area contributed by atoms with Gasteiger partial charge >= 0.3 is 0 Å². The molecule has 3 aromatic rings. The number of anilines is 1. The standard InChI is InChI=1S/C17H13N5O/c1-12-4-6-14(7-5-12)16-21-15(9-18)17(23-16)22-20-11-13-3-2-8-19-10-13/h2-8,10-11,22H,1H3/b20-11+. The number of aryl methyl sites for hydroxylation is 1. The van der Waals surface area contributed by atoms with Crippen molar-refractivity contribution in [2.24, 2.45) is 5.10 Å². The van der Waals surface area contributed by atoms with Gasteiger partial charge in [-0.05, 0) is 25.1 Å². The van der Waals surface area contributed by atoms with Crippen LogP contribution in [0.3, 0.4) is 0 Å². The van der Waals surface area contributed by atoms with Gasteiger partial charge in [-0.3, -0.25) is 4.98 Å². The second kappa shape index (κ2) is 6.54. The van der Waals surface area contributed by atoms with Crippen LogP contribution in [0.2, 0.25) is 0 Å². The minimum atomic E-state index is 0.156. The molecule has 0 atom stereocenters. The monoisotopic (exact) mass is 303 g/mol. The topological polar surface area (TPSA) is 87.1 Å². The van der Waals surface area contributed by atoms with Crippen molar-refractivity contribution in [3.05, 3.63) is 65.6 Å². The number of hydrazone groups is 1. The summed E-state index contributed by atoms with van der Waals surface area (Å²) in [6.07, 6.45) is 4.94. The Morgan fingerprint density at radius 3 is 2.78 bits per heavy atom. The van der Waals surface area contributed by atoms with E-state index in [1.807, 2.05) is 49.4 Å². The lowest BCUT2D eigenvalue weighted by atomic mass is 10.1. The molecule has 112 valence electrons. The SMILES string of the molecule is Cc1ccc(-c2nc(C#N)c(N/N=C/c3cccnc3)o2)cc1. The van der Waals surface area contributed by atoms with Gasteiger partial charge in [0.2, 0.25) is 11.6 Å². The first-order valence-electron chi connectivity index (χ1n) is 6.93. The molecule has 1 N–H and O–H groups in total. The second-order valence-corrected chi connectivity index (χ2v) is 4.83. The van der Waals surface area contributed by atoms with Crippen molar-refractivity contribution < 1.29 is 4.42 Å². The lowest BCUT2D eigenvalue weighted by Gasteiger charge is -1.96. The van der Waals surface area contributed by atoms with E-state index in [1.54, 1.807) is 18.6 Å². The molecular formula is C17H13N5O. The van der Waals surface area contributed by atoms with Gasteiger partial charge in [0.15, 0.2) is 0 Å². The summed E-state index contributed by atoms with van der Waals surface area (Å²) in [5.74, 6) is 0.587. The molecule has 0 fully saturated rings. The maximum atomic E-state index is 9.16. The summed E-state index contributed by atoms with van der Waals surface area (Å²) >= 11 is 0. The van der Waals surface area contributed by atoms with Gasteiger partial charge in [-0.15, -0.1) is 0 Å². The Kier molecular flexibility index (Phi) is 4.11. The molecule has 2 heterocycles. The van der Waals surface area contributed by atoms with E-state index in [2.05, 4.69) is 20.5 Å². The minimum Gasteiger partial charge on any atom is -0.417 e. The van der Waals surface area contributed by atoms with Crippen LogP contribution in [0.1, 0.15) is 16.8 Å². The molecule has 0 saturated carbocycles. The van der Waals surface area contributed by atoms with Crippen LogP contribution in [0.25, 0.3) is 11.5 Å². The summed E-state index contributed by atoms with van der Waals surface area (Å²) in [5, 5.41) is 13.2. The molecule has 0 radical (unpaired) electrons. The van der Waals surface area contributed by atoms with E-state index in [0.29, 0.717) is 5.89 Å². The quantitative estimate of drug-likeness (QED) is 0.590. The molecule has 0 unspecified atom stereocenters. The Hall–Kier alpha value is -3.46. The Morgan fingerprint density at radius 1 is 1.26 bits per heavy atom. The Morgan fingerprint density at radius 2 is 2.09 bits per heavy atom. The maximum absolute atomic E-state index is 9.16. The fourth-order valence-electron chi connectivity index (χ4n) is 1.91. The van der Waals surface area contributed by atoms with Crippen LogP contribution in [0.5, 0.6) is 0 Å². The third-order valence-corrected chi connectivity index (χ3v) is 3.10. The number of hydrogen-bond donors (Lipinski definition) is 1. The number of hydrogen-bond acceptors (Lipinski definition) is 6. The molecule has 0 bridgehead atoms. The van der Waals surface area contributed by atoms with Gasteiger partial charge in [0.05, 0.1) is 6.21 Å². The van der Waals surface area contributed by atoms with Crippen LogP contribution in [-0.2, 0) is 0 Å². The number of nitrogens with one attached hydrogen (secondary N) is 1. The van der Waals surface area contributed by atoms with E-state index >= 15 is 0 Å². The van der Waals surface area contributed by atoms with Crippen LogP contribution >= 0.6 is 0 Å². The van der Waals surface area contributed by atoms with Gasteiger partial charge in [0, 0.05) is 23.5 Å². The van der Waals surface area contributed by atoms with Crippen LogP contribution in [-0.4, -0.2) is 16.2 Å². The molecular weight excluding hydrogens is 290 g/mol. The van der Waals surface area contributed by atoms with E-state index in [4.69, 9.17) is 9.68 Å². The molecule has 0 spiro atoms. The molecule has 6 heteroatoms. The van der Waals surface area contributed by atoms with Crippen molar-refractivity contribution in [3.8, 4) is 17.5 Å². The van der Waals surface area contributed by atoms with E-state index in [1.165, 1.54) is 0 Å². The van der Waals surface area contributed by atoms with E-state index in [-0.39, 0.29) is 11.6 Å². The minimum absolute atomic E-state index is 0.156. The summed E-state index contributed by atoms with van der Waals surface area (Å²) in [7, 11) is 0.